The highest BCUT2D eigenvalue weighted by molar-refractivity contribution is 7.17. The first kappa shape index (κ1) is 16.0. The third-order valence-electron chi connectivity index (χ3n) is 4.26. The molecule has 3 N–H and O–H groups in total. The third kappa shape index (κ3) is 2.98. The summed E-state index contributed by atoms with van der Waals surface area (Å²) in [6.07, 6.45) is 5.32. The number of thiophene rings is 2. The minimum absolute atomic E-state index is 0.0137. The van der Waals surface area contributed by atoms with Gasteiger partial charge in [0.25, 0.3) is 11.8 Å². The molecule has 0 radical (unpaired) electrons. The van der Waals surface area contributed by atoms with Gasteiger partial charge in [-0.1, -0.05) is 0 Å². The lowest BCUT2D eigenvalue weighted by Gasteiger charge is -2.23. The molecule has 128 valence electrons. The highest BCUT2D eigenvalue weighted by Gasteiger charge is 2.32. The predicted molar refractivity (Wildman–Crippen MR) is 97.7 cm³/mol. The van der Waals surface area contributed by atoms with Gasteiger partial charge in [-0.2, -0.15) is 0 Å². The molecule has 1 aliphatic rings. The number of H-pyrrole nitrogens is 1. The van der Waals surface area contributed by atoms with Crippen LogP contribution in [0.3, 0.4) is 0 Å². The minimum atomic E-state index is -0.423. The summed E-state index contributed by atoms with van der Waals surface area (Å²) in [4.78, 5) is 36.7. The number of likely N-dealkylation sites (tertiary alicyclic amines) is 1. The molecule has 3 aromatic heterocycles. The van der Waals surface area contributed by atoms with Gasteiger partial charge in [-0.05, 0) is 37.1 Å². The van der Waals surface area contributed by atoms with E-state index in [1.807, 2.05) is 23.1 Å². The van der Waals surface area contributed by atoms with E-state index in [4.69, 9.17) is 5.73 Å². The van der Waals surface area contributed by atoms with Crippen molar-refractivity contribution in [2.24, 2.45) is 5.73 Å². The molecular weight excluding hydrogens is 356 g/mol. The Kier molecular flexibility index (Phi) is 4.14. The van der Waals surface area contributed by atoms with Gasteiger partial charge in [0.2, 0.25) is 0 Å². The SMILES string of the molecule is NC(=O)c1ccc(C2CCCN2C(=O)c2ccc(-c3ncc[nH]3)s2)s1. The first-order valence-electron chi connectivity index (χ1n) is 7.93. The fraction of sp³-hybridized carbons (Fsp3) is 0.235. The number of imidazole rings is 1. The minimum Gasteiger partial charge on any atom is -0.365 e. The summed E-state index contributed by atoms with van der Waals surface area (Å²) in [7, 11) is 0. The number of nitrogens with zero attached hydrogens (tertiary/aromatic N) is 2. The van der Waals surface area contributed by atoms with Crippen LogP contribution >= 0.6 is 22.7 Å². The van der Waals surface area contributed by atoms with Crippen molar-refractivity contribution in [2.45, 2.75) is 18.9 Å². The number of amides is 2. The summed E-state index contributed by atoms with van der Waals surface area (Å²) in [6, 6.07) is 7.43. The van der Waals surface area contributed by atoms with Gasteiger partial charge in [0.05, 0.1) is 20.7 Å². The number of nitrogens with one attached hydrogen (secondary N) is 1. The highest BCUT2D eigenvalue weighted by atomic mass is 32.1. The van der Waals surface area contributed by atoms with Gasteiger partial charge in [-0.3, -0.25) is 9.59 Å². The molecule has 0 aromatic carbocycles. The molecule has 1 unspecified atom stereocenters. The Bertz CT molecular complexity index is 913. The van der Waals surface area contributed by atoms with Gasteiger partial charge in [0.1, 0.15) is 5.82 Å². The van der Waals surface area contributed by atoms with Crippen molar-refractivity contribution in [1.82, 2.24) is 14.9 Å². The van der Waals surface area contributed by atoms with E-state index in [2.05, 4.69) is 9.97 Å². The fourth-order valence-electron chi connectivity index (χ4n) is 3.09. The van der Waals surface area contributed by atoms with Crippen molar-refractivity contribution in [3.63, 3.8) is 0 Å². The molecule has 1 atom stereocenters. The second-order valence-corrected chi connectivity index (χ2v) is 8.02. The number of hydrogen-bond donors (Lipinski definition) is 2. The molecule has 0 bridgehead atoms. The van der Waals surface area contributed by atoms with Crippen LogP contribution in [0.25, 0.3) is 10.7 Å². The zero-order valence-electron chi connectivity index (χ0n) is 13.3. The number of aromatic amines is 1. The maximum Gasteiger partial charge on any atom is 0.264 e. The van der Waals surface area contributed by atoms with Crippen LogP contribution < -0.4 is 5.73 Å². The normalized spacial score (nSPS) is 17.1. The third-order valence-corrected chi connectivity index (χ3v) is 6.54. The molecule has 6 nitrogen and oxygen atoms in total. The lowest BCUT2D eigenvalue weighted by molar-refractivity contribution is 0.0742. The lowest BCUT2D eigenvalue weighted by Crippen LogP contribution is -2.29. The van der Waals surface area contributed by atoms with Crippen LogP contribution in [0.2, 0.25) is 0 Å². The molecule has 0 spiro atoms. The fourth-order valence-corrected chi connectivity index (χ4v) is 5.02. The molecular formula is C17H16N4O2S2. The van der Waals surface area contributed by atoms with Crippen LogP contribution in [0.15, 0.2) is 36.7 Å². The molecule has 4 rings (SSSR count). The zero-order valence-corrected chi connectivity index (χ0v) is 14.9. The molecule has 25 heavy (non-hydrogen) atoms. The van der Waals surface area contributed by atoms with Crippen molar-refractivity contribution >= 4 is 34.5 Å². The number of aromatic nitrogens is 2. The second kappa shape index (κ2) is 6.45. The van der Waals surface area contributed by atoms with Gasteiger partial charge >= 0.3 is 0 Å². The average molecular weight is 372 g/mol. The van der Waals surface area contributed by atoms with Crippen LogP contribution in [-0.4, -0.2) is 33.2 Å². The largest absolute Gasteiger partial charge is 0.365 e. The first-order valence-corrected chi connectivity index (χ1v) is 9.57. The average Bonchev–Trinajstić information content (AvgIpc) is 3.41. The topological polar surface area (TPSA) is 92.1 Å². The Labute approximate surface area is 152 Å². The molecule has 4 heterocycles. The van der Waals surface area contributed by atoms with Gasteiger partial charge in [-0.25, -0.2) is 4.98 Å². The molecule has 1 saturated heterocycles. The number of carbonyl (C=O) groups is 2. The van der Waals surface area contributed by atoms with E-state index < -0.39 is 5.91 Å². The summed E-state index contributed by atoms with van der Waals surface area (Å²) in [5.74, 6) is 0.374. The Hall–Kier alpha value is -2.45. The standard InChI is InChI=1S/C17H16N4O2S2/c18-15(22)12-4-3-11(24-12)10-2-1-9-21(10)17(23)14-6-5-13(25-14)16-19-7-8-20-16/h3-8,10H,1-2,9H2,(H2,18,22)(H,19,20). The maximum absolute atomic E-state index is 13.0. The molecule has 8 heteroatoms. The Balaban J connectivity index is 1.57. The van der Waals surface area contributed by atoms with Crippen molar-refractivity contribution in [3.05, 3.63) is 51.3 Å². The van der Waals surface area contributed by atoms with Crippen molar-refractivity contribution in [2.75, 3.05) is 6.54 Å². The monoisotopic (exact) mass is 372 g/mol. The molecule has 0 saturated carbocycles. The summed E-state index contributed by atoms with van der Waals surface area (Å²) in [5, 5.41) is 0. The highest BCUT2D eigenvalue weighted by Crippen LogP contribution is 2.38. The Morgan fingerprint density at radius 3 is 2.76 bits per heavy atom. The molecule has 3 aromatic rings. The zero-order chi connectivity index (χ0) is 17.4. The summed E-state index contributed by atoms with van der Waals surface area (Å²) in [6.45, 7) is 0.724. The van der Waals surface area contributed by atoms with Crippen LogP contribution in [0.4, 0.5) is 0 Å². The number of rotatable bonds is 4. The summed E-state index contributed by atoms with van der Waals surface area (Å²) < 4.78 is 0. The molecule has 2 amide bonds. The Morgan fingerprint density at radius 2 is 2.04 bits per heavy atom. The molecule has 0 aliphatic carbocycles. The smallest absolute Gasteiger partial charge is 0.264 e. The van der Waals surface area contributed by atoms with E-state index in [9.17, 15) is 9.59 Å². The van der Waals surface area contributed by atoms with Crippen LogP contribution in [0.1, 0.15) is 43.1 Å². The van der Waals surface area contributed by atoms with Gasteiger partial charge < -0.3 is 15.6 Å². The molecule has 1 aliphatic heterocycles. The van der Waals surface area contributed by atoms with E-state index in [0.717, 1.165) is 35.0 Å². The number of hydrogen-bond acceptors (Lipinski definition) is 5. The summed E-state index contributed by atoms with van der Waals surface area (Å²) in [5.41, 5.74) is 5.34. The number of primary amides is 1. The number of nitrogens with two attached hydrogens (primary N) is 1. The van der Waals surface area contributed by atoms with Crippen LogP contribution in [0.5, 0.6) is 0 Å². The summed E-state index contributed by atoms with van der Waals surface area (Å²) >= 11 is 2.82. The van der Waals surface area contributed by atoms with Crippen LogP contribution in [0, 0.1) is 0 Å². The maximum atomic E-state index is 13.0. The van der Waals surface area contributed by atoms with E-state index in [1.165, 1.54) is 22.7 Å². The van der Waals surface area contributed by atoms with Gasteiger partial charge in [0, 0.05) is 23.8 Å². The van der Waals surface area contributed by atoms with Crippen molar-refractivity contribution in [1.29, 1.82) is 0 Å². The Morgan fingerprint density at radius 1 is 1.20 bits per heavy atom. The van der Waals surface area contributed by atoms with Crippen molar-refractivity contribution in [3.8, 4) is 10.7 Å². The second-order valence-electron chi connectivity index (χ2n) is 5.82. The quantitative estimate of drug-likeness (QED) is 0.736. The lowest BCUT2D eigenvalue weighted by atomic mass is 10.2. The van der Waals surface area contributed by atoms with E-state index in [0.29, 0.717) is 9.75 Å². The van der Waals surface area contributed by atoms with E-state index in [1.54, 1.807) is 18.5 Å². The molecule has 1 fully saturated rings. The number of carbonyl (C=O) groups excluding carboxylic acids is 2. The van der Waals surface area contributed by atoms with Crippen LogP contribution in [-0.2, 0) is 0 Å². The van der Waals surface area contributed by atoms with Gasteiger partial charge in [0.15, 0.2) is 0 Å². The van der Waals surface area contributed by atoms with E-state index in [-0.39, 0.29) is 11.9 Å². The van der Waals surface area contributed by atoms with E-state index >= 15 is 0 Å². The first-order chi connectivity index (χ1) is 12.1. The van der Waals surface area contributed by atoms with Crippen molar-refractivity contribution < 1.29 is 9.59 Å². The predicted octanol–water partition coefficient (Wildman–Crippen LogP) is 3.28. The van der Waals surface area contributed by atoms with Gasteiger partial charge in [-0.15, -0.1) is 22.7 Å².